The fraction of sp³-hybridized carbons (Fsp3) is 0.421. The number of amides is 1. The van der Waals surface area contributed by atoms with E-state index in [9.17, 15) is 4.79 Å². The Morgan fingerprint density at radius 2 is 1.75 bits per heavy atom. The highest BCUT2D eigenvalue weighted by Gasteiger charge is 2.18. The van der Waals surface area contributed by atoms with Gasteiger partial charge in [-0.05, 0) is 56.0 Å². The van der Waals surface area contributed by atoms with E-state index in [2.05, 4.69) is 35.4 Å². The highest BCUT2D eigenvalue weighted by atomic mass is 16.2. The van der Waals surface area contributed by atoms with Crippen LogP contribution in [-0.2, 0) is 0 Å². The van der Waals surface area contributed by atoms with Crippen LogP contribution >= 0.6 is 0 Å². The third-order valence-corrected chi connectivity index (χ3v) is 4.64. The maximum absolute atomic E-state index is 12.5. The first-order valence-corrected chi connectivity index (χ1v) is 8.61. The summed E-state index contributed by atoms with van der Waals surface area (Å²) in [6.45, 7) is 5.80. The van der Waals surface area contributed by atoms with Crippen molar-refractivity contribution in [3.8, 4) is 0 Å². The highest BCUT2D eigenvalue weighted by molar-refractivity contribution is 5.92. The molecule has 0 atom stereocenters. The molecule has 0 aliphatic carbocycles. The van der Waals surface area contributed by atoms with E-state index in [1.165, 1.54) is 24.0 Å². The van der Waals surface area contributed by atoms with Crippen LogP contribution in [0.2, 0.25) is 0 Å². The van der Waals surface area contributed by atoms with Gasteiger partial charge in [0.15, 0.2) is 11.5 Å². The Morgan fingerprint density at radius 3 is 2.42 bits per heavy atom. The summed E-state index contributed by atoms with van der Waals surface area (Å²) < 4.78 is 0. The van der Waals surface area contributed by atoms with Gasteiger partial charge in [0.2, 0.25) is 0 Å². The number of carbonyl (C=O) groups excluding carboxylic acids is 1. The van der Waals surface area contributed by atoms with E-state index in [1.54, 1.807) is 6.07 Å². The topological polar surface area (TPSA) is 58.1 Å². The lowest BCUT2D eigenvalue weighted by atomic mass is 10.1. The molecule has 1 N–H and O–H groups in total. The van der Waals surface area contributed by atoms with Crippen LogP contribution in [0.25, 0.3) is 0 Å². The molecule has 0 radical (unpaired) electrons. The molecule has 1 aromatic heterocycles. The molecule has 5 heteroatoms. The van der Waals surface area contributed by atoms with Gasteiger partial charge in [0, 0.05) is 18.8 Å². The lowest BCUT2D eigenvalue weighted by Gasteiger charge is -2.19. The minimum Gasteiger partial charge on any atom is -0.339 e. The van der Waals surface area contributed by atoms with Crippen molar-refractivity contribution in [2.45, 2.75) is 39.5 Å². The molecule has 1 fully saturated rings. The van der Waals surface area contributed by atoms with Crippen LogP contribution < -0.4 is 5.32 Å². The number of hydrogen-bond donors (Lipinski definition) is 1. The van der Waals surface area contributed by atoms with Gasteiger partial charge in [0.1, 0.15) is 0 Å². The molecule has 0 bridgehead atoms. The Bertz CT molecular complexity index is 704. The quantitative estimate of drug-likeness (QED) is 0.931. The molecule has 0 saturated carbocycles. The molecule has 1 aliphatic rings. The zero-order valence-electron chi connectivity index (χ0n) is 14.4. The molecule has 2 aromatic rings. The Balaban J connectivity index is 1.71. The maximum atomic E-state index is 12.5. The predicted molar refractivity (Wildman–Crippen MR) is 95.6 cm³/mol. The SMILES string of the molecule is Cc1cccc(Nc2ccc(C(=O)N3CCCCCC3)nn2)c1C. The third-order valence-electron chi connectivity index (χ3n) is 4.64. The first-order valence-electron chi connectivity index (χ1n) is 8.61. The first kappa shape index (κ1) is 16.4. The number of carbonyl (C=O) groups is 1. The molecule has 5 nitrogen and oxygen atoms in total. The largest absolute Gasteiger partial charge is 0.339 e. The van der Waals surface area contributed by atoms with Crippen LogP contribution in [0, 0.1) is 13.8 Å². The van der Waals surface area contributed by atoms with Crippen LogP contribution in [-0.4, -0.2) is 34.1 Å². The second kappa shape index (κ2) is 7.43. The summed E-state index contributed by atoms with van der Waals surface area (Å²) in [4.78, 5) is 14.4. The Hall–Kier alpha value is -2.43. The van der Waals surface area contributed by atoms with E-state index in [4.69, 9.17) is 0 Å². The number of aryl methyl sites for hydroxylation is 1. The summed E-state index contributed by atoms with van der Waals surface area (Å²) in [5.41, 5.74) is 3.84. The Kier molecular flexibility index (Phi) is 5.08. The minimum absolute atomic E-state index is 0.0114. The van der Waals surface area contributed by atoms with E-state index in [0.29, 0.717) is 11.5 Å². The van der Waals surface area contributed by atoms with Crippen molar-refractivity contribution in [1.82, 2.24) is 15.1 Å². The van der Waals surface area contributed by atoms with E-state index in [0.717, 1.165) is 31.6 Å². The zero-order chi connectivity index (χ0) is 16.9. The third kappa shape index (κ3) is 3.72. The van der Waals surface area contributed by atoms with Crippen molar-refractivity contribution in [2.24, 2.45) is 0 Å². The van der Waals surface area contributed by atoms with Crippen molar-refractivity contribution in [3.63, 3.8) is 0 Å². The van der Waals surface area contributed by atoms with E-state index in [1.807, 2.05) is 23.1 Å². The van der Waals surface area contributed by atoms with Gasteiger partial charge >= 0.3 is 0 Å². The first-order chi connectivity index (χ1) is 11.6. The molecule has 24 heavy (non-hydrogen) atoms. The normalized spacial score (nSPS) is 15.0. The molecule has 1 saturated heterocycles. The van der Waals surface area contributed by atoms with Gasteiger partial charge in [-0.2, -0.15) is 0 Å². The monoisotopic (exact) mass is 324 g/mol. The van der Waals surface area contributed by atoms with Crippen molar-refractivity contribution in [2.75, 3.05) is 18.4 Å². The van der Waals surface area contributed by atoms with Gasteiger partial charge in [-0.1, -0.05) is 25.0 Å². The summed E-state index contributed by atoms with van der Waals surface area (Å²) in [6.07, 6.45) is 4.55. The zero-order valence-corrected chi connectivity index (χ0v) is 14.4. The van der Waals surface area contributed by atoms with Crippen LogP contribution in [0.4, 0.5) is 11.5 Å². The van der Waals surface area contributed by atoms with Gasteiger partial charge in [0.25, 0.3) is 5.91 Å². The van der Waals surface area contributed by atoms with Gasteiger partial charge < -0.3 is 10.2 Å². The van der Waals surface area contributed by atoms with Crippen LogP contribution in [0.3, 0.4) is 0 Å². The van der Waals surface area contributed by atoms with Gasteiger partial charge in [-0.15, -0.1) is 10.2 Å². The number of anilines is 2. The second-order valence-corrected chi connectivity index (χ2v) is 6.38. The van der Waals surface area contributed by atoms with Crippen LogP contribution in [0.1, 0.15) is 47.3 Å². The Morgan fingerprint density at radius 1 is 1.00 bits per heavy atom. The number of benzene rings is 1. The van der Waals surface area contributed by atoms with E-state index >= 15 is 0 Å². The van der Waals surface area contributed by atoms with Crippen LogP contribution in [0.15, 0.2) is 30.3 Å². The Labute approximate surface area is 143 Å². The van der Waals surface area contributed by atoms with Crippen molar-refractivity contribution >= 4 is 17.4 Å². The summed E-state index contributed by atoms with van der Waals surface area (Å²) >= 11 is 0. The number of nitrogens with one attached hydrogen (secondary N) is 1. The lowest BCUT2D eigenvalue weighted by Crippen LogP contribution is -2.32. The second-order valence-electron chi connectivity index (χ2n) is 6.38. The number of aromatic nitrogens is 2. The number of nitrogens with zero attached hydrogens (tertiary/aromatic N) is 3. The van der Waals surface area contributed by atoms with Gasteiger partial charge in [-0.3, -0.25) is 4.79 Å². The maximum Gasteiger partial charge on any atom is 0.274 e. The summed E-state index contributed by atoms with van der Waals surface area (Å²) in [5, 5.41) is 11.6. The molecule has 3 rings (SSSR count). The fourth-order valence-corrected chi connectivity index (χ4v) is 2.97. The lowest BCUT2D eigenvalue weighted by molar-refractivity contribution is 0.0754. The molecular formula is C19H24N4O. The molecule has 1 amide bonds. The number of rotatable bonds is 3. The van der Waals surface area contributed by atoms with Crippen LogP contribution in [0.5, 0.6) is 0 Å². The molecule has 1 aliphatic heterocycles. The molecular weight excluding hydrogens is 300 g/mol. The summed E-state index contributed by atoms with van der Waals surface area (Å²) in [5.74, 6) is 0.638. The highest BCUT2D eigenvalue weighted by Crippen LogP contribution is 2.21. The van der Waals surface area contributed by atoms with E-state index in [-0.39, 0.29) is 5.91 Å². The average Bonchev–Trinajstić information content (AvgIpc) is 2.88. The minimum atomic E-state index is -0.0114. The molecule has 2 heterocycles. The number of hydrogen-bond acceptors (Lipinski definition) is 4. The molecule has 126 valence electrons. The summed E-state index contributed by atoms with van der Waals surface area (Å²) in [7, 11) is 0. The smallest absolute Gasteiger partial charge is 0.274 e. The van der Waals surface area contributed by atoms with Crippen molar-refractivity contribution in [3.05, 3.63) is 47.2 Å². The van der Waals surface area contributed by atoms with Gasteiger partial charge in [0.05, 0.1) is 0 Å². The van der Waals surface area contributed by atoms with E-state index < -0.39 is 0 Å². The average molecular weight is 324 g/mol. The molecule has 0 spiro atoms. The fourth-order valence-electron chi connectivity index (χ4n) is 2.97. The summed E-state index contributed by atoms with van der Waals surface area (Å²) in [6, 6.07) is 9.68. The van der Waals surface area contributed by atoms with Gasteiger partial charge in [-0.25, -0.2) is 0 Å². The standard InChI is InChI=1S/C19H24N4O/c1-14-8-7-9-16(15(14)2)20-18-11-10-17(21-22-18)19(24)23-12-5-3-4-6-13-23/h7-11H,3-6,12-13H2,1-2H3,(H,20,22). The molecule has 1 aromatic carbocycles. The van der Waals surface area contributed by atoms with Crippen molar-refractivity contribution in [1.29, 1.82) is 0 Å². The van der Waals surface area contributed by atoms with Crippen molar-refractivity contribution < 1.29 is 4.79 Å². The predicted octanol–water partition coefficient (Wildman–Crippen LogP) is 3.85. The molecule has 0 unspecified atom stereocenters. The number of likely N-dealkylation sites (tertiary alicyclic amines) is 1.